The van der Waals surface area contributed by atoms with Crippen molar-refractivity contribution in [2.24, 2.45) is 0 Å². The number of thioether (sulfide) groups is 1. The van der Waals surface area contributed by atoms with Gasteiger partial charge in [0.2, 0.25) is 0 Å². The van der Waals surface area contributed by atoms with E-state index in [9.17, 15) is 14.7 Å². The summed E-state index contributed by atoms with van der Waals surface area (Å²) in [7, 11) is 1.46. The van der Waals surface area contributed by atoms with Gasteiger partial charge in [0.25, 0.3) is 5.56 Å². The average molecular weight is 385 g/mol. The van der Waals surface area contributed by atoms with E-state index in [1.54, 1.807) is 12.1 Å². The smallest absolute Gasteiger partial charge is 0.257 e. The van der Waals surface area contributed by atoms with Crippen molar-refractivity contribution in [2.45, 2.75) is 30.3 Å². The zero-order valence-corrected chi connectivity index (χ0v) is 15.8. The van der Waals surface area contributed by atoms with E-state index in [-0.39, 0.29) is 17.1 Å². The lowest BCUT2D eigenvalue weighted by Crippen LogP contribution is -2.32. The standard InChI is InChI=1S/C19H19N3O4S/c1-26-13-8-9(6-7-11(13)23)14-15-10(4-3-5-12(15)24)20-17-16(14)18(25)22-19(21-17)27-2/h6-8,14,23H,3-5H2,1-2H3,(H2,20,21,22,25). The second-order valence-electron chi connectivity index (χ2n) is 6.50. The van der Waals surface area contributed by atoms with Crippen LogP contribution in [0.15, 0.2) is 39.4 Å². The number of aromatic nitrogens is 2. The number of hydrogen-bond donors (Lipinski definition) is 3. The number of anilines is 1. The van der Waals surface area contributed by atoms with E-state index >= 15 is 0 Å². The molecule has 0 saturated heterocycles. The van der Waals surface area contributed by atoms with Crippen LogP contribution in [0, 0.1) is 0 Å². The number of nitrogens with one attached hydrogen (secondary N) is 2. The molecule has 2 heterocycles. The lowest BCUT2D eigenvalue weighted by atomic mass is 9.76. The molecule has 1 aliphatic carbocycles. The minimum atomic E-state index is -0.550. The van der Waals surface area contributed by atoms with E-state index in [1.807, 2.05) is 6.26 Å². The molecular weight excluding hydrogens is 366 g/mol. The highest BCUT2D eigenvalue weighted by Crippen LogP contribution is 2.44. The van der Waals surface area contributed by atoms with E-state index < -0.39 is 5.92 Å². The molecule has 1 aromatic heterocycles. The predicted octanol–water partition coefficient (Wildman–Crippen LogP) is 2.77. The van der Waals surface area contributed by atoms with Crippen LogP contribution in [0.3, 0.4) is 0 Å². The number of H-pyrrole nitrogens is 1. The number of fused-ring (bicyclic) bond motifs is 1. The lowest BCUT2D eigenvalue weighted by Gasteiger charge is -2.32. The fraction of sp³-hybridized carbons (Fsp3) is 0.316. The van der Waals surface area contributed by atoms with Gasteiger partial charge in [-0.3, -0.25) is 9.59 Å². The van der Waals surface area contributed by atoms with Gasteiger partial charge in [-0.25, -0.2) is 4.98 Å². The zero-order valence-electron chi connectivity index (χ0n) is 15.0. The number of nitrogens with zero attached hydrogens (tertiary/aromatic N) is 1. The third kappa shape index (κ3) is 2.90. The Hall–Kier alpha value is -2.74. The number of benzene rings is 1. The maximum Gasteiger partial charge on any atom is 0.257 e. The van der Waals surface area contributed by atoms with Crippen LogP contribution in [0.4, 0.5) is 5.82 Å². The van der Waals surface area contributed by atoms with Crippen LogP contribution in [0.1, 0.15) is 36.3 Å². The second-order valence-corrected chi connectivity index (χ2v) is 7.29. The van der Waals surface area contributed by atoms with Crippen LogP contribution in [0.5, 0.6) is 11.5 Å². The van der Waals surface area contributed by atoms with Gasteiger partial charge in [-0.2, -0.15) is 0 Å². The molecule has 1 aliphatic heterocycles. The maximum atomic E-state index is 12.9. The molecule has 0 saturated carbocycles. The van der Waals surface area contributed by atoms with Gasteiger partial charge in [0.1, 0.15) is 5.82 Å². The first-order valence-electron chi connectivity index (χ1n) is 8.61. The molecule has 0 radical (unpaired) electrons. The highest BCUT2D eigenvalue weighted by molar-refractivity contribution is 7.98. The van der Waals surface area contributed by atoms with E-state index in [2.05, 4.69) is 15.3 Å². The molecule has 0 amide bonds. The third-order valence-corrected chi connectivity index (χ3v) is 5.55. The van der Waals surface area contributed by atoms with Gasteiger partial charge in [-0.1, -0.05) is 17.8 Å². The predicted molar refractivity (Wildman–Crippen MR) is 103 cm³/mol. The van der Waals surface area contributed by atoms with Crippen molar-refractivity contribution in [1.29, 1.82) is 0 Å². The molecule has 1 aromatic carbocycles. The Balaban J connectivity index is 1.98. The highest BCUT2D eigenvalue weighted by Gasteiger charge is 2.38. The number of phenols is 1. The monoisotopic (exact) mass is 385 g/mol. The third-order valence-electron chi connectivity index (χ3n) is 4.97. The normalized spacial score (nSPS) is 18.6. The fourth-order valence-corrected chi connectivity index (χ4v) is 4.12. The Morgan fingerprint density at radius 1 is 1.30 bits per heavy atom. The fourth-order valence-electron chi connectivity index (χ4n) is 3.74. The molecular formula is C19H19N3O4S. The second kappa shape index (κ2) is 6.77. The maximum absolute atomic E-state index is 12.9. The van der Waals surface area contributed by atoms with E-state index in [1.165, 1.54) is 24.9 Å². The zero-order chi connectivity index (χ0) is 19.1. The summed E-state index contributed by atoms with van der Waals surface area (Å²) >= 11 is 1.35. The molecule has 27 heavy (non-hydrogen) atoms. The molecule has 3 N–H and O–H groups in total. The van der Waals surface area contributed by atoms with Gasteiger partial charge in [0, 0.05) is 23.6 Å². The first-order valence-corrected chi connectivity index (χ1v) is 9.84. The quantitative estimate of drug-likeness (QED) is 0.551. The summed E-state index contributed by atoms with van der Waals surface area (Å²) in [5.41, 5.74) is 2.26. The van der Waals surface area contributed by atoms with Crippen LogP contribution in [-0.4, -0.2) is 34.2 Å². The van der Waals surface area contributed by atoms with Gasteiger partial charge in [-0.15, -0.1) is 0 Å². The van der Waals surface area contributed by atoms with Crippen molar-refractivity contribution in [1.82, 2.24) is 9.97 Å². The summed E-state index contributed by atoms with van der Waals surface area (Å²) < 4.78 is 5.22. The van der Waals surface area contributed by atoms with Crippen molar-refractivity contribution in [3.8, 4) is 11.5 Å². The molecule has 2 aliphatic rings. The number of phenolic OH excluding ortho intramolecular Hbond substituents is 1. The summed E-state index contributed by atoms with van der Waals surface area (Å²) in [6.07, 6.45) is 3.79. The number of carbonyl (C=O) groups excluding carboxylic acids is 1. The topological polar surface area (TPSA) is 104 Å². The van der Waals surface area contributed by atoms with Crippen LogP contribution in [0.2, 0.25) is 0 Å². The van der Waals surface area contributed by atoms with Gasteiger partial charge in [-0.05, 0) is 36.8 Å². The summed E-state index contributed by atoms with van der Waals surface area (Å²) in [6.45, 7) is 0. The van der Waals surface area contributed by atoms with Gasteiger partial charge in [0.05, 0.1) is 12.7 Å². The Labute approximate surface area is 159 Å². The molecule has 0 fully saturated rings. The van der Waals surface area contributed by atoms with Crippen LogP contribution >= 0.6 is 11.8 Å². The first-order chi connectivity index (χ1) is 13.0. The molecule has 0 spiro atoms. The SMILES string of the molecule is COc1cc(C2C3=C(CCCC3=O)Nc3nc(SC)[nH]c(=O)c32)ccc1O. The number of ether oxygens (including phenoxy) is 1. The minimum absolute atomic E-state index is 0.00403. The van der Waals surface area contributed by atoms with Crippen molar-refractivity contribution >= 4 is 23.4 Å². The number of rotatable bonds is 3. The molecule has 8 heteroatoms. The number of Topliss-reactive ketones (excluding diaryl/α,β-unsaturated/α-hetero) is 1. The van der Waals surface area contributed by atoms with Crippen molar-refractivity contribution in [3.05, 3.63) is 50.9 Å². The largest absolute Gasteiger partial charge is 0.504 e. The molecule has 4 rings (SSSR count). The Morgan fingerprint density at radius 2 is 2.11 bits per heavy atom. The highest BCUT2D eigenvalue weighted by atomic mass is 32.2. The number of aromatic amines is 1. The summed E-state index contributed by atoms with van der Waals surface area (Å²) in [5, 5.41) is 13.7. The van der Waals surface area contributed by atoms with Crippen LogP contribution in [-0.2, 0) is 4.79 Å². The number of hydrogen-bond acceptors (Lipinski definition) is 7. The van der Waals surface area contributed by atoms with E-state index in [4.69, 9.17) is 4.74 Å². The van der Waals surface area contributed by atoms with Gasteiger partial charge < -0.3 is 20.1 Å². The Bertz CT molecular complexity index is 1030. The molecule has 1 atom stereocenters. The minimum Gasteiger partial charge on any atom is -0.504 e. The molecule has 140 valence electrons. The number of carbonyl (C=O) groups is 1. The van der Waals surface area contributed by atoms with Crippen molar-refractivity contribution in [2.75, 3.05) is 18.7 Å². The Morgan fingerprint density at radius 3 is 2.85 bits per heavy atom. The lowest BCUT2D eigenvalue weighted by molar-refractivity contribution is -0.116. The Kier molecular flexibility index (Phi) is 4.43. The molecule has 0 bridgehead atoms. The molecule has 2 aromatic rings. The first kappa shape index (κ1) is 17.7. The summed E-state index contributed by atoms with van der Waals surface area (Å²) in [4.78, 5) is 32.9. The van der Waals surface area contributed by atoms with Crippen molar-refractivity contribution < 1.29 is 14.6 Å². The van der Waals surface area contributed by atoms with Gasteiger partial charge in [0.15, 0.2) is 22.4 Å². The summed E-state index contributed by atoms with van der Waals surface area (Å²) in [6, 6.07) is 4.90. The van der Waals surface area contributed by atoms with Gasteiger partial charge >= 0.3 is 0 Å². The summed E-state index contributed by atoms with van der Waals surface area (Å²) in [5.74, 6) is 0.256. The van der Waals surface area contributed by atoms with Crippen molar-refractivity contribution in [3.63, 3.8) is 0 Å². The number of allylic oxidation sites excluding steroid dienone is 2. The number of methoxy groups -OCH3 is 1. The number of aromatic hydroxyl groups is 1. The molecule has 1 unspecified atom stereocenters. The average Bonchev–Trinajstić information content (AvgIpc) is 2.67. The van der Waals surface area contributed by atoms with Crippen LogP contribution < -0.4 is 15.6 Å². The molecule has 7 nitrogen and oxygen atoms in total. The van der Waals surface area contributed by atoms with Crippen LogP contribution in [0.25, 0.3) is 0 Å². The van der Waals surface area contributed by atoms with E-state index in [0.717, 1.165) is 18.5 Å². The van der Waals surface area contributed by atoms with E-state index in [0.29, 0.717) is 39.8 Å². The number of ketones is 1.